The van der Waals surface area contributed by atoms with Crippen molar-refractivity contribution in [1.29, 1.82) is 0 Å². The Morgan fingerprint density at radius 1 is 1.31 bits per heavy atom. The standard InChI is InChI=1S/C12H25N3O/c1-3-14-10-5-7-11(8-6-10)15(4-2)9-12(13)16/h10-11,14H,3-9H2,1-2H3,(H2,13,16). The number of carbonyl (C=O) groups is 1. The van der Waals surface area contributed by atoms with Crippen LogP contribution < -0.4 is 11.1 Å². The predicted molar refractivity (Wildman–Crippen MR) is 66.2 cm³/mol. The van der Waals surface area contributed by atoms with Crippen molar-refractivity contribution in [2.45, 2.75) is 51.6 Å². The molecule has 0 aromatic heterocycles. The van der Waals surface area contributed by atoms with Crippen LogP contribution >= 0.6 is 0 Å². The Kier molecular flexibility index (Phi) is 5.77. The summed E-state index contributed by atoms with van der Waals surface area (Å²) < 4.78 is 0. The van der Waals surface area contributed by atoms with E-state index in [2.05, 4.69) is 24.1 Å². The zero-order chi connectivity index (χ0) is 12.0. The number of nitrogens with one attached hydrogen (secondary N) is 1. The van der Waals surface area contributed by atoms with Crippen molar-refractivity contribution in [2.24, 2.45) is 5.73 Å². The van der Waals surface area contributed by atoms with Crippen molar-refractivity contribution < 1.29 is 4.79 Å². The Morgan fingerprint density at radius 3 is 2.38 bits per heavy atom. The molecule has 0 saturated heterocycles. The molecule has 0 unspecified atom stereocenters. The van der Waals surface area contributed by atoms with Gasteiger partial charge in [0, 0.05) is 12.1 Å². The van der Waals surface area contributed by atoms with Crippen molar-refractivity contribution in [1.82, 2.24) is 10.2 Å². The first-order valence-corrected chi connectivity index (χ1v) is 6.43. The number of hydrogen-bond acceptors (Lipinski definition) is 3. The fraction of sp³-hybridized carbons (Fsp3) is 0.917. The van der Waals surface area contributed by atoms with E-state index in [0.29, 0.717) is 18.6 Å². The van der Waals surface area contributed by atoms with Gasteiger partial charge in [0.2, 0.25) is 5.91 Å². The second-order valence-corrected chi connectivity index (χ2v) is 4.59. The van der Waals surface area contributed by atoms with Crippen LogP contribution in [0.25, 0.3) is 0 Å². The van der Waals surface area contributed by atoms with Gasteiger partial charge in [0.05, 0.1) is 6.54 Å². The number of likely N-dealkylation sites (N-methyl/N-ethyl adjacent to an activating group) is 1. The number of carbonyl (C=O) groups excluding carboxylic acids is 1. The van der Waals surface area contributed by atoms with E-state index in [0.717, 1.165) is 13.1 Å². The van der Waals surface area contributed by atoms with Crippen LogP contribution in [0.5, 0.6) is 0 Å². The van der Waals surface area contributed by atoms with Gasteiger partial charge in [-0.15, -0.1) is 0 Å². The third kappa shape index (κ3) is 4.10. The molecule has 0 aromatic rings. The van der Waals surface area contributed by atoms with E-state index in [1.807, 2.05) is 0 Å². The van der Waals surface area contributed by atoms with Crippen molar-refractivity contribution in [2.75, 3.05) is 19.6 Å². The van der Waals surface area contributed by atoms with Gasteiger partial charge in [0.25, 0.3) is 0 Å². The van der Waals surface area contributed by atoms with Crippen LogP contribution in [0.15, 0.2) is 0 Å². The van der Waals surface area contributed by atoms with Crippen LogP contribution in [0, 0.1) is 0 Å². The molecule has 0 bridgehead atoms. The van der Waals surface area contributed by atoms with Gasteiger partial charge in [-0.3, -0.25) is 9.69 Å². The summed E-state index contributed by atoms with van der Waals surface area (Å²) in [5.41, 5.74) is 5.26. The number of amides is 1. The molecule has 4 nitrogen and oxygen atoms in total. The first-order chi connectivity index (χ1) is 7.67. The van der Waals surface area contributed by atoms with Gasteiger partial charge in [-0.05, 0) is 38.8 Å². The van der Waals surface area contributed by atoms with Gasteiger partial charge in [-0.2, -0.15) is 0 Å². The highest BCUT2D eigenvalue weighted by molar-refractivity contribution is 5.75. The molecular weight excluding hydrogens is 202 g/mol. The number of nitrogens with zero attached hydrogens (tertiary/aromatic N) is 1. The summed E-state index contributed by atoms with van der Waals surface area (Å²) in [5.74, 6) is -0.212. The molecule has 0 spiro atoms. The smallest absolute Gasteiger partial charge is 0.231 e. The molecule has 1 aliphatic rings. The Balaban J connectivity index is 2.35. The van der Waals surface area contributed by atoms with Crippen molar-refractivity contribution in [3.8, 4) is 0 Å². The van der Waals surface area contributed by atoms with Crippen molar-refractivity contribution in [3.05, 3.63) is 0 Å². The third-order valence-electron chi connectivity index (χ3n) is 3.47. The maximum absolute atomic E-state index is 10.9. The highest BCUT2D eigenvalue weighted by Gasteiger charge is 2.25. The topological polar surface area (TPSA) is 58.4 Å². The average Bonchev–Trinajstić information content (AvgIpc) is 2.27. The minimum atomic E-state index is -0.212. The first-order valence-electron chi connectivity index (χ1n) is 6.43. The van der Waals surface area contributed by atoms with Crippen LogP contribution in [0.1, 0.15) is 39.5 Å². The second-order valence-electron chi connectivity index (χ2n) is 4.59. The molecule has 1 fully saturated rings. The van der Waals surface area contributed by atoms with E-state index in [1.165, 1.54) is 25.7 Å². The SMILES string of the molecule is CCNC1CCC(N(CC)CC(N)=O)CC1. The minimum absolute atomic E-state index is 0.212. The normalized spacial score (nSPS) is 25.9. The van der Waals surface area contributed by atoms with Crippen LogP contribution in [-0.2, 0) is 4.79 Å². The van der Waals surface area contributed by atoms with E-state index in [9.17, 15) is 4.79 Å². The zero-order valence-corrected chi connectivity index (χ0v) is 10.5. The van der Waals surface area contributed by atoms with Gasteiger partial charge in [0.15, 0.2) is 0 Å². The summed E-state index contributed by atoms with van der Waals surface area (Å²) in [4.78, 5) is 13.2. The molecule has 4 heteroatoms. The molecule has 0 atom stereocenters. The molecule has 1 amide bonds. The van der Waals surface area contributed by atoms with E-state index < -0.39 is 0 Å². The Labute approximate surface area is 98.6 Å². The summed E-state index contributed by atoms with van der Waals surface area (Å²) in [6.45, 7) is 6.62. The summed E-state index contributed by atoms with van der Waals surface area (Å²) in [6.07, 6.45) is 4.79. The molecule has 0 radical (unpaired) electrons. The van der Waals surface area contributed by atoms with Gasteiger partial charge in [-0.25, -0.2) is 0 Å². The zero-order valence-electron chi connectivity index (χ0n) is 10.5. The summed E-state index contributed by atoms with van der Waals surface area (Å²) in [5, 5.41) is 3.49. The minimum Gasteiger partial charge on any atom is -0.369 e. The lowest BCUT2D eigenvalue weighted by Crippen LogP contribution is -2.45. The molecule has 16 heavy (non-hydrogen) atoms. The summed E-state index contributed by atoms with van der Waals surface area (Å²) in [7, 11) is 0. The van der Waals surface area contributed by atoms with Crippen molar-refractivity contribution >= 4 is 5.91 Å². The van der Waals surface area contributed by atoms with Crippen LogP contribution in [-0.4, -0.2) is 42.5 Å². The summed E-state index contributed by atoms with van der Waals surface area (Å²) >= 11 is 0. The lowest BCUT2D eigenvalue weighted by molar-refractivity contribution is -0.119. The monoisotopic (exact) mass is 227 g/mol. The van der Waals surface area contributed by atoms with Gasteiger partial charge in [0.1, 0.15) is 0 Å². The molecular formula is C12H25N3O. The van der Waals surface area contributed by atoms with Gasteiger partial charge in [-0.1, -0.05) is 13.8 Å². The molecule has 1 rings (SSSR count). The Bertz CT molecular complexity index is 212. The van der Waals surface area contributed by atoms with E-state index in [1.54, 1.807) is 0 Å². The van der Waals surface area contributed by atoms with E-state index >= 15 is 0 Å². The maximum Gasteiger partial charge on any atom is 0.231 e. The molecule has 3 N–H and O–H groups in total. The van der Waals surface area contributed by atoms with Crippen LogP contribution in [0.3, 0.4) is 0 Å². The van der Waals surface area contributed by atoms with E-state index in [4.69, 9.17) is 5.73 Å². The summed E-state index contributed by atoms with van der Waals surface area (Å²) in [6, 6.07) is 1.22. The fourth-order valence-corrected chi connectivity index (χ4v) is 2.63. The average molecular weight is 227 g/mol. The van der Waals surface area contributed by atoms with E-state index in [-0.39, 0.29) is 5.91 Å². The highest BCUT2D eigenvalue weighted by atomic mass is 16.1. The first kappa shape index (κ1) is 13.5. The number of hydrogen-bond donors (Lipinski definition) is 2. The number of primary amides is 1. The molecule has 0 heterocycles. The largest absolute Gasteiger partial charge is 0.369 e. The lowest BCUT2D eigenvalue weighted by atomic mass is 9.90. The fourth-order valence-electron chi connectivity index (χ4n) is 2.63. The molecule has 0 aliphatic heterocycles. The molecule has 1 aliphatic carbocycles. The lowest BCUT2D eigenvalue weighted by Gasteiger charge is -2.35. The quantitative estimate of drug-likeness (QED) is 0.703. The Hall–Kier alpha value is -0.610. The number of rotatable bonds is 6. The number of nitrogens with two attached hydrogens (primary N) is 1. The predicted octanol–water partition coefficient (Wildman–Crippen LogP) is 0.714. The van der Waals surface area contributed by atoms with Crippen LogP contribution in [0.4, 0.5) is 0 Å². The molecule has 0 aromatic carbocycles. The highest BCUT2D eigenvalue weighted by Crippen LogP contribution is 2.22. The third-order valence-corrected chi connectivity index (χ3v) is 3.47. The maximum atomic E-state index is 10.9. The molecule has 1 saturated carbocycles. The van der Waals surface area contributed by atoms with Crippen LogP contribution in [0.2, 0.25) is 0 Å². The Morgan fingerprint density at radius 2 is 1.94 bits per heavy atom. The van der Waals surface area contributed by atoms with Crippen molar-refractivity contribution in [3.63, 3.8) is 0 Å². The van der Waals surface area contributed by atoms with Gasteiger partial charge < -0.3 is 11.1 Å². The molecule has 94 valence electrons. The second kappa shape index (κ2) is 6.86. The van der Waals surface area contributed by atoms with Gasteiger partial charge >= 0.3 is 0 Å².